The Kier molecular flexibility index (Phi) is 4.56. The molecule has 3 nitrogen and oxygen atoms in total. The summed E-state index contributed by atoms with van der Waals surface area (Å²) in [7, 11) is 4.06. The monoisotopic (exact) mass is 275 g/mol. The molecule has 1 atom stereocenters. The number of nitrogens with zero attached hydrogens (tertiary/aromatic N) is 2. The smallest absolute Gasteiger partial charge is 0.185 e. The number of aromatic nitrogens is 1. The zero-order valence-electron chi connectivity index (χ0n) is 12.0. The normalized spacial score (nSPS) is 12.4. The fourth-order valence-corrected chi connectivity index (χ4v) is 2.79. The van der Waals surface area contributed by atoms with Crippen LogP contribution in [0, 0.1) is 6.92 Å². The predicted molar refractivity (Wildman–Crippen MR) is 82.9 cm³/mol. The van der Waals surface area contributed by atoms with Gasteiger partial charge >= 0.3 is 0 Å². The summed E-state index contributed by atoms with van der Waals surface area (Å²) in [6.45, 7) is 5.17. The van der Waals surface area contributed by atoms with Gasteiger partial charge in [0.1, 0.15) is 0 Å². The van der Waals surface area contributed by atoms with E-state index in [0.717, 1.165) is 17.4 Å². The van der Waals surface area contributed by atoms with Crippen molar-refractivity contribution in [1.82, 2.24) is 10.3 Å². The van der Waals surface area contributed by atoms with Crippen LogP contribution >= 0.6 is 11.3 Å². The Balaban J connectivity index is 2.10. The zero-order valence-corrected chi connectivity index (χ0v) is 12.8. The molecule has 1 aromatic heterocycles. The van der Waals surface area contributed by atoms with Gasteiger partial charge in [-0.05, 0) is 32.0 Å². The molecule has 1 aromatic carbocycles. The Bertz CT molecular complexity index is 536. The Morgan fingerprint density at radius 3 is 2.79 bits per heavy atom. The maximum absolute atomic E-state index is 4.69. The Morgan fingerprint density at radius 1 is 1.37 bits per heavy atom. The van der Waals surface area contributed by atoms with Crippen LogP contribution in [0.15, 0.2) is 29.6 Å². The molecule has 0 amide bonds. The van der Waals surface area contributed by atoms with E-state index in [0.29, 0.717) is 6.04 Å². The first-order valence-corrected chi connectivity index (χ1v) is 7.38. The summed E-state index contributed by atoms with van der Waals surface area (Å²) in [5.41, 5.74) is 3.79. The van der Waals surface area contributed by atoms with Crippen LogP contribution in [0.5, 0.6) is 0 Å². The first kappa shape index (κ1) is 14.0. The number of hydrogen-bond acceptors (Lipinski definition) is 4. The minimum atomic E-state index is 0.303. The lowest BCUT2D eigenvalue weighted by atomic mass is 10.1. The van der Waals surface area contributed by atoms with Crippen molar-refractivity contribution in [2.24, 2.45) is 0 Å². The number of thiazole rings is 1. The molecular weight excluding hydrogens is 254 g/mol. The van der Waals surface area contributed by atoms with Gasteiger partial charge in [-0.25, -0.2) is 4.98 Å². The minimum Gasteiger partial charge on any atom is -0.347 e. The zero-order chi connectivity index (χ0) is 13.8. The molecule has 19 heavy (non-hydrogen) atoms. The van der Waals surface area contributed by atoms with E-state index in [2.05, 4.69) is 65.7 Å². The van der Waals surface area contributed by atoms with E-state index in [1.165, 1.54) is 11.1 Å². The lowest BCUT2D eigenvalue weighted by Gasteiger charge is -2.17. The Labute approximate surface area is 119 Å². The first-order valence-electron chi connectivity index (χ1n) is 6.50. The molecule has 0 aliphatic rings. The van der Waals surface area contributed by atoms with Crippen molar-refractivity contribution in [3.63, 3.8) is 0 Å². The molecule has 0 fully saturated rings. The summed E-state index contributed by atoms with van der Waals surface area (Å²) in [6.07, 6.45) is 0. The molecule has 0 aliphatic heterocycles. The highest BCUT2D eigenvalue weighted by molar-refractivity contribution is 7.13. The third-order valence-electron chi connectivity index (χ3n) is 3.38. The predicted octanol–water partition coefficient (Wildman–Crippen LogP) is 3.37. The number of aryl methyl sites for hydroxylation is 1. The maximum atomic E-state index is 4.69. The lowest BCUT2D eigenvalue weighted by Crippen LogP contribution is -2.18. The molecular formula is C15H21N3S. The summed E-state index contributed by atoms with van der Waals surface area (Å²) >= 11 is 1.70. The highest BCUT2D eigenvalue weighted by atomic mass is 32.1. The quantitative estimate of drug-likeness (QED) is 0.907. The van der Waals surface area contributed by atoms with Crippen LogP contribution in [-0.2, 0) is 6.54 Å². The molecule has 1 N–H and O–H groups in total. The average molecular weight is 275 g/mol. The van der Waals surface area contributed by atoms with Gasteiger partial charge in [-0.3, -0.25) is 0 Å². The maximum Gasteiger partial charge on any atom is 0.185 e. The summed E-state index contributed by atoms with van der Waals surface area (Å²) in [5.74, 6) is 0. The standard InChI is InChI=1S/C15H21N3S/c1-11-7-5-6-8-13(11)9-18(4)15-17-14(10-19-15)12(2)16-3/h5-8,10,12,16H,9H2,1-4H3. The SMILES string of the molecule is CNC(C)c1csc(N(C)Cc2ccccc2C)n1. The topological polar surface area (TPSA) is 28.2 Å². The summed E-state index contributed by atoms with van der Waals surface area (Å²) in [4.78, 5) is 6.90. The second kappa shape index (κ2) is 6.17. The number of hydrogen-bond donors (Lipinski definition) is 1. The summed E-state index contributed by atoms with van der Waals surface area (Å²) < 4.78 is 0. The van der Waals surface area contributed by atoms with Crippen LogP contribution in [0.1, 0.15) is 29.8 Å². The number of nitrogens with one attached hydrogen (secondary N) is 1. The molecule has 0 spiro atoms. The fraction of sp³-hybridized carbons (Fsp3) is 0.400. The van der Waals surface area contributed by atoms with Crippen LogP contribution in [0.2, 0.25) is 0 Å². The fourth-order valence-electron chi connectivity index (χ4n) is 1.91. The van der Waals surface area contributed by atoms with Crippen LogP contribution < -0.4 is 10.2 Å². The van der Waals surface area contributed by atoms with E-state index in [1.54, 1.807) is 11.3 Å². The molecule has 0 radical (unpaired) electrons. The van der Waals surface area contributed by atoms with Crippen LogP contribution in [0.4, 0.5) is 5.13 Å². The van der Waals surface area contributed by atoms with Crippen LogP contribution in [0.3, 0.4) is 0 Å². The number of rotatable bonds is 5. The summed E-state index contributed by atoms with van der Waals surface area (Å²) in [6, 6.07) is 8.80. The van der Waals surface area contributed by atoms with Gasteiger partial charge in [-0.15, -0.1) is 11.3 Å². The molecule has 0 bridgehead atoms. The van der Waals surface area contributed by atoms with E-state index < -0.39 is 0 Å². The largest absolute Gasteiger partial charge is 0.347 e. The molecule has 0 aliphatic carbocycles. The second-order valence-corrected chi connectivity index (χ2v) is 5.68. The van der Waals surface area contributed by atoms with Gasteiger partial charge in [-0.1, -0.05) is 24.3 Å². The molecule has 2 aromatic rings. The van der Waals surface area contributed by atoms with Gasteiger partial charge in [-0.2, -0.15) is 0 Å². The molecule has 1 heterocycles. The van der Waals surface area contributed by atoms with Crippen molar-refractivity contribution in [2.75, 3.05) is 19.0 Å². The van der Waals surface area contributed by atoms with Crippen molar-refractivity contribution < 1.29 is 0 Å². The highest BCUT2D eigenvalue weighted by Gasteiger charge is 2.11. The van der Waals surface area contributed by atoms with E-state index in [1.807, 2.05) is 7.05 Å². The highest BCUT2D eigenvalue weighted by Crippen LogP contribution is 2.24. The molecule has 102 valence electrons. The number of benzene rings is 1. The van der Waals surface area contributed by atoms with Crippen molar-refractivity contribution in [3.05, 3.63) is 46.5 Å². The Hall–Kier alpha value is -1.39. The molecule has 2 rings (SSSR count). The minimum absolute atomic E-state index is 0.303. The van der Waals surface area contributed by atoms with E-state index in [9.17, 15) is 0 Å². The van der Waals surface area contributed by atoms with Crippen LogP contribution in [-0.4, -0.2) is 19.1 Å². The summed E-state index contributed by atoms with van der Waals surface area (Å²) in [5, 5.41) is 6.42. The van der Waals surface area contributed by atoms with Crippen molar-refractivity contribution >= 4 is 16.5 Å². The molecule has 0 saturated carbocycles. The van der Waals surface area contributed by atoms with Crippen molar-refractivity contribution in [2.45, 2.75) is 26.4 Å². The van der Waals surface area contributed by atoms with Gasteiger partial charge in [0.15, 0.2) is 5.13 Å². The van der Waals surface area contributed by atoms with Gasteiger partial charge in [0.25, 0.3) is 0 Å². The number of anilines is 1. The lowest BCUT2D eigenvalue weighted by molar-refractivity contribution is 0.636. The molecule has 1 unspecified atom stereocenters. The second-order valence-electron chi connectivity index (χ2n) is 4.85. The van der Waals surface area contributed by atoms with Crippen molar-refractivity contribution in [1.29, 1.82) is 0 Å². The van der Waals surface area contributed by atoms with E-state index >= 15 is 0 Å². The van der Waals surface area contributed by atoms with E-state index in [-0.39, 0.29) is 0 Å². The third-order valence-corrected chi connectivity index (χ3v) is 4.35. The van der Waals surface area contributed by atoms with Crippen LogP contribution in [0.25, 0.3) is 0 Å². The van der Waals surface area contributed by atoms with Gasteiger partial charge in [0, 0.05) is 25.0 Å². The molecule has 4 heteroatoms. The third kappa shape index (κ3) is 3.33. The van der Waals surface area contributed by atoms with E-state index in [4.69, 9.17) is 0 Å². The van der Waals surface area contributed by atoms with Crippen molar-refractivity contribution in [3.8, 4) is 0 Å². The molecule has 0 saturated heterocycles. The first-order chi connectivity index (χ1) is 9.11. The van der Waals surface area contributed by atoms with Gasteiger partial charge in [0.05, 0.1) is 5.69 Å². The van der Waals surface area contributed by atoms with Gasteiger partial charge < -0.3 is 10.2 Å². The Morgan fingerprint density at radius 2 is 2.11 bits per heavy atom. The average Bonchev–Trinajstić information content (AvgIpc) is 2.90. The van der Waals surface area contributed by atoms with Gasteiger partial charge in [0.2, 0.25) is 0 Å².